The summed E-state index contributed by atoms with van der Waals surface area (Å²) in [6, 6.07) is 11.3. The Morgan fingerprint density at radius 1 is 1.23 bits per heavy atom. The molecule has 3 rings (SSSR count). The lowest BCUT2D eigenvalue weighted by Gasteiger charge is -2.02. The number of hydrogen-bond donors (Lipinski definition) is 1. The van der Waals surface area contributed by atoms with Crippen molar-refractivity contribution in [3.63, 3.8) is 0 Å². The summed E-state index contributed by atoms with van der Waals surface area (Å²) in [6.07, 6.45) is 0. The fraction of sp³-hybridized carbons (Fsp3) is 0.0667. The van der Waals surface area contributed by atoms with Gasteiger partial charge in [0.1, 0.15) is 17.1 Å². The highest BCUT2D eigenvalue weighted by Crippen LogP contribution is 2.33. The summed E-state index contributed by atoms with van der Waals surface area (Å²) >= 11 is 0. The zero-order valence-corrected chi connectivity index (χ0v) is 11.6. The molecular weight excluding hydrogens is 286 g/mol. The Balaban J connectivity index is 2.13. The SMILES string of the molecule is COc1ccc(N=C2C(=O)Nc3ccccc32)c([N+](=O)[O-])c1. The minimum Gasteiger partial charge on any atom is -0.496 e. The largest absolute Gasteiger partial charge is 0.496 e. The summed E-state index contributed by atoms with van der Waals surface area (Å²) in [5, 5.41) is 13.8. The molecule has 2 aromatic rings. The van der Waals surface area contributed by atoms with Gasteiger partial charge in [0.25, 0.3) is 11.6 Å². The van der Waals surface area contributed by atoms with Crippen LogP contribution in [0.15, 0.2) is 47.5 Å². The summed E-state index contributed by atoms with van der Waals surface area (Å²) in [6.45, 7) is 0. The zero-order valence-electron chi connectivity index (χ0n) is 11.6. The molecule has 1 N–H and O–H groups in total. The predicted molar refractivity (Wildman–Crippen MR) is 80.9 cm³/mol. The maximum atomic E-state index is 12.0. The molecule has 1 heterocycles. The summed E-state index contributed by atoms with van der Waals surface area (Å²) in [7, 11) is 1.42. The molecule has 0 saturated carbocycles. The maximum absolute atomic E-state index is 12.0. The number of carbonyl (C=O) groups excluding carboxylic acids is 1. The Bertz CT molecular complexity index is 814. The van der Waals surface area contributed by atoms with E-state index in [2.05, 4.69) is 10.3 Å². The van der Waals surface area contributed by atoms with Crippen LogP contribution in [0.4, 0.5) is 17.1 Å². The summed E-state index contributed by atoms with van der Waals surface area (Å²) in [4.78, 5) is 26.8. The van der Waals surface area contributed by atoms with Crippen molar-refractivity contribution in [2.24, 2.45) is 4.99 Å². The average Bonchev–Trinajstić information content (AvgIpc) is 2.83. The van der Waals surface area contributed by atoms with E-state index in [9.17, 15) is 14.9 Å². The van der Waals surface area contributed by atoms with Gasteiger partial charge in [-0.3, -0.25) is 14.9 Å². The van der Waals surface area contributed by atoms with Gasteiger partial charge in [0.05, 0.1) is 23.8 Å². The lowest BCUT2D eigenvalue weighted by molar-refractivity contribution is -0.384. The van der Waals surface area contributed by atoms with Crippen LogP contribution < -0.4 is 10.1 Å². The molecule has 0 fully saturated rings. The average molecular weight is 297 g/mol. The van der Waals surface area contributed by atoms with Crippen LogP contribution in [0.3, 0.4) is 0 Å². The number of nitrogens with zero attached hydrogens (tertiary/aromatic N) is 2. The first-order valence-electron chi connectivity index (χ1n) is 6.42. The molecule has 110 valence electrons. The van der Waals surface area contributed by atoms with Crippen molar-refractivity contribution in [2.75, 3.05) is 12.4 Å². The van der Waals surface area contributed by atoms with Gasteiger partial charge in [-0.25, -0.2) is 4.99 Å². The Morgan fingerprint density at radius 3 is 2.73 bits per heavy atom. The lowest BCUT2D eigenvalue weighted by Crippen LogP contribution is -2.14. The fourth-order valence-electron chi connectivity index (χ4n) is 2.20. The van der Waals surface area contributed by atoms with Crippen LogP contribution in [-0.4, -0.2) is 23.7 Å². The number of aliphatic imine (C=N–C) groups is 1. The van der Waals surface area contributed by atoms with Crippen molar-refractivity contribution in [3.8, 4) is 5.75 Å². The van der Waals surface area contributed by atoms with Crippen LogP contribution in [0, 0.1) is 10.1 Å². The van der Waals surface area contributed by atoms with Crippen LogP contribution in [0.5, 0.6) is 5.75 Å². The third kappa shape index (κ3) is 2.28. The topological polar surface area (TPSA) is 93.8 Å². The van der Waals surface area contributed by atoms with Gasteiger partial charge in [-0.2, -0.15) is 0 Å². The fourth-order valence-corrected chi connectivity index (χ4v) is 2.20. The third-order valence-corrected chi connectivity index (χ3v) is 3.26. The molecule has 0 atom stereocenters. The number of para-hydroxylation sites is 1. The quantitative estimate of drug-likeness (QED) is 0.696. The number of benzene rings is 2. The number of nitro benzene ring substituents is 1. The second-order valence-electron chi connectivity index (χ2n) is 4.57. The van der Waals surface area contributed by atoms with Crippen molar-refractivity contribution in [3.05, 3.63) is 58.1 Å². The Labute approximate surface area is 125 Å². The summed E-state index contributed by atoms with van der Waals surface area (Å²) in [5.41, 5.74) is 1.31. The highest BCUT2D eigenvalue weighted by atomic mass is 16.6. The van der Waals surface area contributed by atoms with Crippen LogP contribution in [0.1, 0.15) is 5.56 Å². The summed E-state index contributed by atoms with van der Waals surface area (Å²) in [5.74, 6) is -0.0294. The van der Waals surface area contributed by atoms with E-state index in [0.29, 0.717) is 17.0 Å². The molecule has 0 saturated heterocycles. The first-order chi connectivity index (χ1) is 10.6. The lowest BCUT2D eigenvalue weighted by atomic mass is 10.1. The molecule has 0 aromatic heterocycles. The molecule has 0 bridgehead atoms. The van der Waals surface area contributed by atoms with Crippen LogP contribution in [0.25, 0.3) is 0 Å². The standard InChI is InChI=1S/C15H11N3O4/c1-22-9-6-7-12(13(8-9)18(20)21)16-14-10-4-2-3-5-11(10)17-15(14)19/h2-8H,1H3,(H,16,17,19). The van der Waals surface area contributed by atoms with E-state index in [4.69, 9.17) is 4.74 Å². The predicted octanol–water partition coefficient (Wildman–Crippen LogP) is 2.68. The number of ether oxygens (including phenoxy) is 1. The number of rotatable bonds is 3. The molecule has 0 aliphatic carbocycles. The minimum absolute atomic E-state index is 0.104. The highest BCUT2D eigenvalue weighted by Gasteiger charge is 2.26. The number of amides is 1. The molecule has 2 aromatic carbocycles. The van der Waals surface area contributed by atoms with Crippen molar-refractivity contribution < 1.29 is 14.5 Å². The molecule has 7 heteroatoms. The molecule has 0 radical (unpaired) electrons. The second kappa shape index (κ2) is 5.28. The van der Waals surface area contributed by atoms with Crippen molar-refractivity contribution in [1.82, 2.24) is 0 Å². The van der Waals surface area contributed by atoms with Gasteiger partial charge in [0.15, 0.2) is 0 Å². The number of nitrogens with one attached hydrogen (secondary N) is 1. The Kier molecular flexibility index (Phi) is 3.30. The van der Waals surface area contributed by atoms with E-state index in [-0.39, 0.29) is 23.0 Å². The van der Waals surface area contributed by atoms with Gasteiger partial charge in [0, 0.05) is 5.56 Å². The zero-order chi connectivity index (χ0) is 15.7. The molecule has 0 spiro atoms. The van der Waals surface area contributed by atoms with E-state index in [0.717, 1.165) is 0 Å². The van der Waals surface area contributed by atoms with E-state index < -0.39 is 4.92 Å². The third-order valence-electron chi connectivity index (χ3n) is 3.26. The van der Waals surface area contributed by atoms with Gasteiger partial charge < -0.3 is 10.1 Å². The smallest absolute Gasteiger partial charge is 0.298 e. The van der Waals surface area contributed by atoms with Crippen molar-refractivity contribution >= 4 is 28.7 Å². The van der Waals surface area contributed by atoms with Crippen molar-refractivity contribution in [2.45, 2.75) is 0 Å². The van der Waals surface area contributed by atoms with E-state index in [1.165, 1.54) is 19.2 Å². The summed E-state index contributed by atoms with van der Waals surface area (Å²) < 4.78 is 4.98. The number of fused-ring (bicyclic) bond motifs is 1. The number of methoxy groups -OCH3 is 1. The van der Waals surface area contributed by atoms with E-state index in [1.54, 1.807) is 30.3 Å². The Hall–Kier alpha value is -3.22. The van der Waals surface area contributed by atoms with E-state index >= 15 is 0 Å². The molecule has 7 nitrogen and oxygen atoms in total. The van der Waals surface area contributed by atoms with Crippen LogP contribution >= 0.6 is 0 Å². The monoisotopic (exact) mass is 297 g/mol. The van der Waals surface area contributed by atoms with Gasteiger partial charge in [-0.05, 0) is 18.2 Å². The van der Waals surface area contributed by atoms with E-state index in [1.807, 2.05) is 0 Å². The number of anilines is 1. The molecule has 0 unspecified atom stereocenters. The number of carbonyl (C=O) groups is 1. The molecular formula is C15H11N3O4. The second-order valence-corrected chi connectivity index (χ2v) is 4.57. The van der Waals surface area contributed by atoms with Crippen molar-refractivity contribution in [1.29, 1.82) is 0 Å². The maximum Gasteiger partial charge on any atom is 0.298 e. The molecule has 1 amide bonds. The first kappa shape index (κ1) is 13.7. The molecule has 1 aliphatic heterocycles. The molecule has 1 aliphatic rings. The Morgan fingerprint density at radius 2 is 2.00 bits per heavy atom. The number of nitro groups is 1. The van der Waals surface area contributed by atoms with Gasteiger partial charge in [-0.15, -0.1) is 0 Å². The van der Waals surface area contributed by atoms with Crippen LogP contribution in [-0.2, 0) is 4.79 Å². The highest BCUT2D eigenvalue weighted by molar-refractivity contribution is 6.54. The normalized spacial score (nSPS) is 14.6. The van der Waals surface area contributed by atoms with Gasteiger partial charge in [-0.1, -0.05) is 18.2 Å². The number of hydrogen-bond acceptors (Lipinski definition) is 5. The van der Waals surface area contributed by atoms with Gasteiger partial charge >= 0.3 is 0 Å². The first-order valence-corrected chi connectivity index (χ1v) is 6.42. The minimum atomic E-state index is -0.555. The van der Waals surface area contributed by atoms with Gasteiger partial charge in [0.2, 0.25) is 0 Å². The van der Waals surface area contributed by atoms with Crippen LogP contribution in [0.2, 0.25) is 0 Å². The molecule has 22 heavy (non-hydrogen) atoms.